The number of ether oxygens (including phenoxy) is 3. The third-order valence-corrected chi connectivity index (χ3v) is 7.94. The molecule has 208 valence electrons. The van der Waals surface area contributed by atoms with Crippen LogP contribution in [-0.2, 0) is 14.9 Å². The highest BCUT2D eigenvalue weighted by molar-refractivity contribution is 5.89. The first-order valence-corrected chi connectivity index (χ1v) is 14.2. The molecule has 1 atom stereocenters. The maximum atomic E-state index is 11.7. The summed E-state index contributed by atoms with van der Waals surface area (Å²) >= 11 is 0. The van der Waals surface area contributed by atoms with Gasteiger partial charge in [-0.15, -0.1) is 0 Å². The van der Waals surface area contributed by atoms with E-state index in [0.717, 1.165) is 37.2 Å². The number of carbonyl (C=O) groups excluding carboxylic acids is 1. The van der Waals surface area contributed by atoms with Gasteiger partial charge in [-0.05, 0) is 97.3 Å². The van der Waals surface area contributed by atoms with Crippen molar-refractivity contribution in [2.24, 2.45) is 0 Å². The van der Waals surface area contributed by atoms with Crippen molar-refractivity contribution < 1.29 is 19.0 Å². The first-order valence-electron chi connectivity index (χ1n) is 14.2. The monoisotopic (exact) mass is 528 g/mol. The smallest absolute Gasteiger partial charge is 0.337 e. The summed E-state index contributed by atoms with van der Waals surface area (Å²) in [6, 6.07) is 20.4. The van der Waals surface area contributed by atoms with Crippen molar-refractivity contribution >= 4 is 12.0 Å². The van der Waals surface area contributed by atoms with Gasteiger partial charge in [0.05, 0.1) is 19.3 Å². The standard InChI is InChI=1S/C33H38O4.C2H6/c1-7-32(22-36-32)19-18-25-10-13-27(20-23(25)4)33(8-2,9-3)28-14-17-30(24(5)21-28)37-29-15-11-26(12-16-29)31(34)35-6;1-2/h10-21H,7-9,22H2,1-6H3;1-2H3/b19-18+;. The Morgan fingerprint density at radius 2 is 1.51 bits per heavy atom. The molecular formula is C35H44O4. The summed E-state index contributed by atoms with van der Waals surface area (Å²) in [5.41, 5.74) is 6.60. The Bertz CT molecular complexity index is 1280. The zero-order chi connectivity index (χ0) is 28.6. The Balaban J connectivity index is 0.00000205. The quantitative estimate of drug-likeness (QED) is 0.194. The van der Waals surface area contributed by atoms with E-state index in [4.69, 9.17) is 14.2 Å². The van der Waals surface area contributed by atoms with Gasteiger partial charge >= 0.3 is 5.97 Å². The normalized spacial score (nSPS) is 16.4. The molecule has 0 aliphatic carbocycles. The number of methoxy groups -OCH3 is 1. The minimum Gasteiger partial charge on any atom is -0.465 e. The molecule has 0 bridgehead atoms. The summed E-state index contributed by atoms with van der Waals surface area (Å²) in [5, 5.41) is 0. The molecule has 4 rings (SSSR count). The van der Waals surface area contributed by atoms with Crippen molar-refractivity contribution in [3.05, 3.63) is 100 Å². The van der Waals surface area contributed by atoms with Gasteiger partial charge in [0.1, 0.15) is 17.1 Å². The van der Waals surface area contributed by atoms with E-state index in [2.05, 4.69) is 83.2 Å². The molecule has 3 aromatic rings. The lowest BCUT2D eigenvalue weighted by Crippen LogP contribution is -2.26. The van der Waals surface area contributed by atoms with Crippen LogP contribution in [0.15, 0.2) is 66.7 Å². The highest BCUT2D eigenvalue weighted by Gasteiger charge is 2.39. The van der Waals surface area contributed by atoms with Crippen LogP contribution in [0.2, 0.25) is 0 Å². The van der Waals surface area contributed by atoms with E-state index in [1.165, 1.54) is 29.4 Å². The molecule has 39 heavy (non-hydrogen) atoms. The fraction of sp³-hybridized carbons (Fsp3) is 0.400. The summed E-state index contributed by atoms with van der Waals surface area (Å²) in [6.07, 6.45) is 7.43. The second-order valence-corrected chi connectivity index (χ2v) is 10.00. The van der Waals surface area contributed by atoms with Crippen LogP contribution in [0.4, 0.5) is 0 Å². The van der Waals surface area contributed by atoms with Crippen LogP contribution in [0, 0.1) is 13.8 Å². The molecule has 0 N–H and O–H groups in total. The topological polar surface area (TPSA) is 48.1 Å². The first-order chi connectivity index (χ1) is 18.8. The Labute approximate surface area is 235 Å². The van der Waals surface area contributed by atoms with Gasteiger partial charge in [0.15, 0.2) is 0 Å². The van der Waals surface area contributed by atoms with Gasteiger partial charge in [0, 0.05) is 5.41 Å². The van der Waals surface area contributed by atoms with Crippen LogP contribution in [0.1, 0.15) is 92.1 Å². The number of rotatable bonds is 10. The summed E-state index contributed by atoms with van der Waals surface area (Å²) < 4.78 is 16.6. The lowest BCUT2D eigenvalue weighted by molar-refractivity contribution is 0.0600. The van der Waals surface area contributed by atoms with Crippen LogP contribution < -0.4 is 4.74 Å². The van der Waals surface area contributed by atoms with Gasteiger partial charge in [-0.3, -0.25) is 0 Å². The Morgan fingerprint density at radius 1 is 0.923 bits per heavy atom. The Hall–Kier alpha value is -3.37. The second-order valence-electron chi connectivity index (χ2n) is 10.00. The fourth-order valence-corrected chi connectivity index (χ4v) is 5.11. The lowest BCUT2D eigenvalue weighted by atomic mass is 9.70. The molecule has 1 aliphatic heterocycles. The summed E-state index contributed by atoms with van der Waals surface area (Å²) in [4.78, 5) is 11.7. The van der Waals surface area contributed by atoms with E-state index in [-0.39, 0.29) is 17.0 Å². The average Bonchev–Trinajstić information content (AvgIpc) is 3.76. The highest BCUT2D eigenvalue weighted by Crippen LogP contribution is 2.41. The van der Waals surface area contributed by atoms with Crippen molar-refractivity contribution in [1.29, 1.82) is 0 Å². The molecule has 0 radical (unpaired) electrons. The predicted molar refractivity (Wildman–Crippen MR) is 161 cm³/mol. The molecule has 1 aliphatic rings. The predicted octanol–water partition coefficient (Wildman–Crippen LogP) is 9.21. The van der Waals surface area contributed by atoms with Crippen LogP contribution in [-0.4, -0.2) is 25.3 Å². The van der Waals surface area contributed by atoms with Crippen LogP contribution in [0.5, 0.6) is 11.5 Å². The summed E-state index contributed by atoms with van der Waals surface area (Å²) in [7, 11) is 1.38. The molecule has 0 spiro atoms. The number of hydrogen-bond acceptors (Lipinski definition) is 4. The van der Waals surface area contributed by atoms with Crippen molar-refractivity contribution in [2.45, 2.75) is 78.7 Å². The molecule has 0 saturated carbocycles. The largest absolute Gasteiger partial charge is 0.465 e. The maximum Gasteiger partial charge on any atom is 0.337 e. The molecule has 0 amide bonds. The molecular weight excluding hydrogens is 484 g/mol. The van der Waals surface area contributed by atoms with Gasteiger partial charge in [-0.25, -0.2) is 4.79 Å². The van der Waals surface area contributed by atoms with Gasteiger partial charge in [-0.1, -0.05) is 71.0 Å². The third kappa shape index (κ3) is 6.62. The Kier molecular flexibility index (Phi) is 10.2. The number of hydrogen-bond donors (Lipinski definition) is 0. The van der Waals surface area contributed by atoms with Crippen molar-refractivity contribution in [3.8, 4) is 11.5 Å². The van der Waals surface area contributed by atoms with Gasteiger partial charge in [-0.2, -0.15) is 0 Å². The van der Waals surface area contributed by atoms with E-state index < -0.39 is 0 Å². The number of epoxide rings is 1. The zero-order valence-corrected chi connectivity index (χ0v) is 24.9. The third-order valence-electron chi connectivity index (χ3n) is 7.94. The van der Waals surface area contributed by atoms with E-state index in [9.17, 15) is 4.79 Å². The zero-order valence-electron chi connectivity index (χ0n) is 24.9. The molecule has 0 aromatic heterocycles. The van der Waals surface area contributed by atoms with Crippen molar-refractivity contribution in [1.82, 2.24) is 0 Å². The van der Waals surface area contributed by atoms with Gasteiger partial charge in [0.25, 0.3) is 0 Å². The minimum absolute atomic E-state index is 0.0492. The fourth-order valence-electron chi connectivity index (χ4n) is 5.11. The Morgan fingerprint density at radius 3 is 2.00 bits per heavy atom. The molecule has 4 heteroatoms. The van der Waals surface area contributed by atoms with Gasteiger partial charge < -0.3 is 14.2 Å². The van der Waals surface area contributed by atoms with Crippen molar-refractivity contribution in [3.63, 3.8) is 0 Å². The average molecular weight is 529 g/mol. The van der Waals surface area contributed by atoms with Crippen LogP contribution in [0.25, 0.3) is 6.08 Å². The highest BCUT2D eigenvalue weighted by atomic mass is 16.6. The van der Waals surface area contributed by atoms with E-state index >= 15 is 0 Å². The minimum atomic E-state index is -0.358. The molecule has 4 nitrogen and oxygen atoms in total. The number of aryl methyl sites for hydroxylation is 2. The summed E-state index contributed by atoms with van der Waals surface area (Å²) in [6.45, 7) is 15.8. The summed E-state index contributed by atoms with van der Waals surface area (Å²) in [5.74, 6) is 1.13. The van der Waals surface area contributed by atoms with Crippen LogP contribution >= 0.6 is 0 Å². The molecule has 1 heterocycles. The lowest BCUT2D eigenvalue weighted by Gasteiger charge is -2.34. The van der Waals surface area contributed by atoms with E-state index in [0.29, 0.717) is 11.3 Å². The number of esters is 1. The van der Waals surface area contributed by atoms with E-state index in [1.54, 1.807) is 24.3 Å². The maximum absolute atomic E-state index is 11.7. The second kappa shape index (κ2) is 13.1. The van der Waals surface area contributed by atoms with E-state index in [1.807, 2.05) is 13.8 Å². The number of benzene rings is 3. The molecule has 1 fully saturated rings. The van der Waals surface area contributed by atoms with Crippen molar-refractivity contribution in [2.75, 3.05) is 13.7 Å². The SMILES string of the molecule is CC.CCC1(/C=C/c2ccc(C(CC)(CC)c3ccc(Oc4ccc(C(=O)OC)cc4)c(C)c3)cc2C)CO1. The molecule has 1 saturated heterocycles. The molecule has 3 aromatic carbocycles. The van der Waals surface area contributed by atoms with Gasteiger partial charge in [0.2, 0.25) is 0 Å². The molecule has 1 unspecified atom stereocenters. The first kappa shape index (κ1) is 30.2. The number of carbonyl (C=O) groups is 1. The van der Waals surface area contributed by atoms with Crippen LogP contribution in [0.3, 0.4) is 0 Å².